The van der Waals surface area contributed by atoms with Crippen molar-refractivity contribution in [1.82, 2.24) is 14.5 Å². The Morgan fingerprint density at radius 2 is 2.00 bits per heavy atom. The number of ether oxygens (including phenoxy) is 1. The van der Waals surface area contributed by atoms with Crippen LogP contribution in [0.3, 0.4) is 0 Å². The second kappa shape index (κ2) is 7.30. The molecule has 1 fully saturated rings. The van der Waals surface area contributed by atoms with E-state index in [4.69, 9.17) is 4.74 Å². The van der Waals surface area contributed by atoms with Gasteiger partial charge in [0.05, 0.1) is 7.11 Å². The van der Waals surface area contributed by atoms with E-state index in [1.54, 1.807) is 7.11 Å². The number of carbonyl (C=O) groups is 1. The van der Waals surface area contributed by atoms with Crippen LogP contribution in [-0.4, -0.2) is 40.6 Å². The first-order chi connectivity index (χ1) is 12.0. The van der Waals surface area contributed by atoms with Crippen LogP contribution in [0.4, 0.5) is 0 Å². The summed E-state index contributed by atoms with van der Waals surface area (Å²) in [6.45, 7) is 7.87. The fraction of sp³-hybridized carbons (Fsp3) is 0.500. The largest absolute Gasteiger partial charge is 0.496 e. The Morgan fingerprint density at radius 3 is 2.60 bits per heavy atom. The summed E-state index contributed by atoms with van der Waals surface area (Å²) in [4.78, 5) is 19.3. The standard InChI is InChI=1S/C20H27N3O2/c1-14(2)23-12-9-21-19(23)16-7-10-22(11-8-16)20(24)17-5-6-18(25-4)15(3)13-17/h5-6,9,12-14,16H,7-8,10-11H2,1-4H3. The average Bonchev–Trinajstić information content (AvgIpc) is 3.11. The van der Waals surface area contributed by atoms with E-state index in [9.17, 15) is 4.79 Å². The van der Waals surface area contributed by atoms with Crippen molar-refractivity contribution in [2.45, 2.75) is 45.6 Å². The third kappa shape index (κ3) is 3.55. The second-order valence-corrected chi connectivity index (χ2v) is 7.04. The highest BCUT2D eigenvalue weighted by molar-refractivity contribution is 5.94. The molecule has 3 rings (SSSR count). The minimum absolute atomic E-state index is 0.108. The van der Waals surface area contributed by atoms with Crippen LogP contribution in [0.5, 0.6) is 5.75 Å². The molecule has 0 bridgehead atoms. The third-order valence-electron chi connectivity index (χ3n) is 5.04. The number of carbonyl (C=O) groups excluding carboxylic acids is 1. The highest BCUT2D eigenvalue weighted by Crippen LogP contribution is 2.29. The number of aryl methyl sites for hydroxylation is 1. The van der Waals surface area contributed by atoms with E-state index in [0.29, 0.717) is 12.0 Å². The maximum absolute atomic E-state index is 12.8. The third-order valence-corrected chi connectivity index (χ3v) is 5.04. The first-order valence-corrected chi connectivity index (χ1v) is 8.98. The molecule has 5 heteroatoms. The lowest BCUT2D eigenvalue weighted by Gasteiger charge is -2.32. The van der Waals surface area contributed by atoms with E-state index >= 15 is 0 Å². The Bertz CT molecular complexity index is 743. The van der Waals surface area contributed by atoms with Gasteiger partial charge in [0.15, 0.2) is 0 Å². The second-order valence-electron chi connectivity index (χ2n) is 7.04. The molecule has 0 atom stereocenters. The summed E-state index contributed by atoms with van der Waals surface area (Å²) < 4.78 is 7.52. The van der Waals surface area contributed by atoms with Crippen molar-refractivity contribution in [2.75, 3.05) is 20.2 Å². The van der Waals surface area contributed by atoms with Crippen LogP contribution < -0.4 is 4.74 Å². The van der Waals surface area contributed by atoms with Crippen molar-refractivity contribution in [2.24, 2.45) is 0 Å². The van der Waals surface area contributed by atoms with Crippen molar-refractivity contribution in [1.29, 1.82) is 0 Å². The number of piperidine rings is 1. The first-order valence-electron chi connectivity index (χ1n) is 8.98. The molecular weight excluding hydrogens is 314 g/mol. The summed E-state index contributed by atoms with van der Waals surface area (Å²) in [6.07, 6.45) is 5.86. The van der Waals surface area contributed by atoms with Crippen molar-refractivity contribution >= 4 is 5.91 Å². The molecule has 1 aliphatic heterocycles. The van der Waals surface area contributed by atoms with Gasteiger partial charge in [0.2, 0.25) is 0 Å². The van der Waals surface area contributed by atoms with Crippen LogP contribution in [0, 0.1) is 6.92 Å². The lowest BCUT2D eigenvalue weighted by molar-refractivity contribution is 0.0710. The molecule has 0 spiro atoms. The summed E-state index contributed by atoms with van der Waals surface area (Å²) in [5.74, 6) is 2.51. The Morgan fingerprint density at radius 1 is 1.28 bits per heavy atom. The summed E-state index contributed by atoms with van der Waals surface area (Å²) in [6, 6.07) is 6.05. The van der Waals surface area contributed by atoms with E-state index in [1.807, 2.05) is 36.2 Å². The van der Waals surface area contributed by atoms with Crippen LogP contribution in [-0.2, 0) is 0 Å². The number of aromatic nitrogens is 2. The van der Waals surface area contributed by atoms with Gasteiger partial charge in [0, 0.05) is 43.0 Å². The monoisotopic (exact) mass is 341 g/mol. The molecule has 2 aromatic rings. The highest BCUT2D eigenvalue weighted by Gasteiger charge is 2.27. The van der Waals surface area contributed by atoms with Gasteiger partial charge in [-0.25, -0.2) is 4.98 Å². The zero-order valence-corrected chi connectivity index (χ0v) is 15.5. The van der Waals surface area contributed by atoms with Gasteiger partial charge >= 0.3 is 0 Å². The van der Waals surface area contributed by atoms with E-state index in [-0.39, 0.29) is 5.91 Å². The minimum atomic E-state index is 0.108. The van der Waals surface area contributed by atoms with Gasteiger partial charge in [-0.3, -0.25) is 4.79 Å². The Labute approximate surface area is 149 Å². The number of hydrogen-bond acceptors (Lipinski definition) is 3. The predicted molar refractivity (Wildman–Crippen MR) is 98.2 cm³/mol. The molecule has 0 saturated carbocycles. The topological polar surface area (TPSA) is 47.4 Å². The maximum atomic E-state index is 12.8. The molecule has 2 heterocycles. The summed E-state index contributed by atoms with van der Waals surface area (Å²) in [5, 5.41) is 0. The van der Waals surface area contributed by atoms with Gasteiger partial charge in [-0.05, 0) is 57.4 Å². The van der Waals surface area contributed by atoms with Gasteiger partial charge in [-0.1, -0.05) is 0 Å². The van der Waals surface area contributed by atoms with Gasteiger partial charge in [-0.15, -0.1) is 0 Å². The molecule has 25 heavy (non-hydrogen) atoms. The number of amides is 1. The molecule has 0 N–H and O–H groups in total. The van der Waals surface area contributed by atoms with E-state index < -0.39 is 0 Å². The number of methoxy groups -OCH3 is 1. The number of rotatable bonds is 4. The maximum Gasteiger partial charge on any atom is 0.253 e. The molecule has 1 aliphatic rings. The molecular formula is C20H27N3O2. The van der Waals surface area contributed by atoms with Gasteiger partial charge in [-0.2, -0.15) is 0 Å². The average molecular weight is 341 g/mol. The first kappa shape index (κ1) is 17.5. The molecule has 0 aliphatic carbocycles. The fourth-order valence-corrected chi connectivity index (χ4v) is 3.61. The Hall–Kier alpha value is -2.30. The van der Waals surface area contributed by atoms with Crippen LogP contribution in [0.2, 0.25) is 0 Å². The number of nitrogens with zero attached hydrogens (tertiary/aromatic N) is 3. The molecule has 1 amide bonds. The molecule has 134 valence electrons. The van der Waals surface area contributed by atoms with Crippen molar-refractivity contribution in [3.05, 3.63) is 47.5 Å². The number of imidazole rings is 1. The SMILES string of the molecule is COc1ccc(C(=O)N2CCC(c3nccn3C(C)C)CC2)cc1C. The number of benzene rings is 1. The molecule has 5 nitrogen and oxygen atoms in total. The normalized spacial score (nSPS) is 15.6. The summed E-state index contributed by atoms with van der Waals surface area (Å²) >= 11 is 0. The van der Waals surface area contributed by atoms with Gasteiger partial charge < -0.3 is 14.2 Å². The fourth-order valence-electron chi connectivity index (χ4n) is 3.61. The lowest BCUT2D eigenvalue weighted by atomic mass is 9.95. The zero-order valence-electron chi connectivity index (χ0n) is 15.5. The van der Waals surface area contributed by atoms with E-state index in [0.717, 1.165) is 48.6 Å². The van der Waals surface area contributed by atoms with Crippen molar-refractivity contribution < 1.29 is 9.53 Å². The zero-order chi connectivity index (χ0) is 18.0. The highest BCUT2D eigenvalue weighted by atomic mass is 16.5. The van der Waals surface area contributed by atoms with Crippen LogP contribution in [0.25, 0.3) is 0 Å². The van der Waals surface area contributed by atoms with E-state index in [2.05, 4.69) is 29.6 Å². The van der Waals surface area contributed by atoms with Crippen LogP contribution in [0.15, 0.2) is 30.6 Å². The molecule has 1 aromatic carbocycles. The van der Waals surface area contributed by atoms with Gasteiger partial charge in [0.1, 0.15) is 11.6 Å². The lowest BCUT2D eigenvalue weighted by Crippen LogP contribution is -2.38. The Kier molecular flexibility index (Phi) is 5.11. The molecule has 0 radical (unpaired) electrons. The molecule has 1 aromatic heterocycles. The summed E-state index contributed by atoms with van der Waals surface area (Å²) in [5.41, 5.74) is 1.72. The van der Waals surface area contributed by atoms with Gasteiger partial charge in [0.25, 0.3) is 5.91 Å². The van der Waals surface area contributed by atoms with E-state index in [1.165, 1.54) is 0 Å². The molecule has 1 saturated heterocycles. The van der Waals surface area contributed by atoms with Crippen LogP contribution in [0.1, 0.15) is 60.4 Å². The summed E-state index contributed by atoms with van der Waals surface area (Å²) in [7, 11) is 1.65. The quantitative estimate of drug-likeness (QED) is 0.850. The number of likely N-dealkylation sites (tertiary alicyclic amines) is 1. The minimum Gasteiger partial charge on any atom is -0.496 e. The number of hydrogen-bond donors (Lipinski definition) is 0. The van der Waals surface area contributed by atoms with Crippen molar-refractivity contribution in [3.63, 3.8) is 0 Å². The van der Waals surface area contributed by atoms with Crippen LogP contribution >= 0.6 is 0 Å². The smallest absolute Gasteiger partial charge is 0.253 e. The van der Waals surface area contributed by atoms with Crippen molar-refractivity contribution in [3.8, 4) is 5.75 Å². The Balaban J connectivity index is 1.66. The molecule has 0 unspecified atom stereocenters. The predicted octanol–water partition coefficient (Wildman–Crippen LogP) is 3.80.